The summed E-state index contributed by atoms with van der Waals surface area (Å²) in [5.74, 6) is 2.89. The van der Waals surface area contributed by atoms with Gasteiger partial charge in [0.05, 0.1) is 0 Å². The van der Waals surface area contributed by atoms with Crippen molar-refractivity contribution in [3.8, 4) is 5.75 Å². The van der Waals surface area contributed by atoms with Crippen LogP contribution in [0.5, 0.6) is 5.75 Å². The van der Waals surface area contributed by atoms with Crippen molar-refractivity contribution in [3.63, 3.8) is 0 Å². The Morgan fingerprint density at radius 3 is 3.05 bits per heavy atom. The van der Waals surface area contributed by atoms with Crippen LogP contribution in [0, 0.1) is 11.8 Å². The van der Waals surface area contributed by atoms with Crippen molar-refractivity contribution < 1.29 is 4.74 Å². The monoisotopic (exact) mass is 256 g/mol. The predicted octanol–water partition coefficient (Wildman–Crippen LogP) is 4.48. The van der Waals surface area contributed by atoms with E-state index in [0.717, 1.165) is 11.8 Å². The Bertz CT molecular complexity index is 506. The van der Waals surface area contributed by atoms with E-state index in [0.29, 0.717) is 11.5 Å². The number of benzene rings is 1. The largest absolute Gasteiger partial charge is 0.489 e. The van der Waals surface area contributed by atoms with Crippen molar-refractivity contribution >= 4 is 0 Å². The average Bonchev–Trinajstić information content (AvgIpc) is 2.73. The van der Waals surface area contributed by atoms with Gasteiger partial charge in [0.25, 0.3) is 0 Å². The van der Waals surface area contributed by atoms with Gasteiger partial charge < -0.3 is 4.74 Å². The van der Waals surface area contributed by atoms with Crippen molar-refractivity contribution in [2.75, 3.05) is 0 Å². The van der Waals surface area contributed by atoms with Gasteiger partial charge in [0, 0.05) is 11.0 Å². The first-order valence-electron chi connectivity index (χ1n) is 8.06. The lowest BCUT2D eigenvalue weighted by atomic mass is 9.52. The second-order valence-corrected chi connectivity index (χ2v) is 6.91. The Balaban J connectivity index is 1.96. The molecule has 1 nitrogen and oxygen atoms in total. The first-order valence-corrected chi connectivity index (χ1v) is 8.06. The SMILES string of the molecule is CCCC12c3c4cccc3OC1CCCC2C(C)C4. The summed E-state index contributed by atoms with van der Waals surface area (Å²) in [7, 11) is 0. The van der Waals surface area contributed by atoms with Crippen LogP contribution in [0.2, 0.25) is 0 Å². The third kappa shape index (κ3) is 1.37. The van der Waals surface area contributed by atoms with Crippen molar-refractivity contribution in [3.05, 3.63) is 29.3 Å². The van der Waals surface area contributed by atoms with Gasteiger partial charge in [-0.25, -0.2) is 0 Å². The minimum atomic E-state index is 0.358. The van der Waals surface area contributed by atoms with Crippen molar-refractivity contribution in [1.82, 2.24) is 0 Å². The zero-order chi connectivity index (χ0) is 13.0. The van der Waals surface area contributed by atoms with E-state index in [9.17, 15) is 0 Å². The first-order chi connectivity index (χ1) is 9.27. The molecule has 19 heavy (non-hydrogen) atoms. The fourth-order valence-corrected chi connectivity index (χ4v) is 5.48. The lowest BCUT2D eigenvalue weighted by Crippen LogP contribution is -2.52. The average molecular weight is 256 g/mol. The second kappa shape index (κ2) is 4.01. The van der Waals surface area contributed by atoms with E-state index in [1.165, 1.54) is 44.3 Å². The van der Waals surface area contributed by atoms with Gasteiger partial charge in [-0.05, 0) is 55.6 Å². The minimum absolute atomic E-state index is 0.358. The Morgan fingerprint density at radius 2 is 2.21 bits per heavy atom. The maximum atomic E-state index is 6.41. The predicted molar refractivity (Wildman–Crippen MR) is 77.7 cm³/mol. The van der Waals surface area contributed by atoms with Crippen LogP contribution in [0.4, 0.5) is 0 Å². The number of hydrogen-bond donors (Lipinski definition) is 0. The Kier molecular flexibility index (Phi) is 2.49. The minimum Gasteiger partial charge on any atom is -0.489 e. The van der Waals surface area contributed by atoms with E-state index < -0.39 is 0 Å². The normalized spacial score (nSPS) is 38.7. The van der Waals surface area contributed by atoms with Gasteiger partial charge in [-0.2, -0.15) is 0 Å². The summed E-state index contributed by atoms with van der Waals surface area (Å²) in [6, 6.07) is 6.75. The summed E-state index contributed by atoms with van der Waals surface area (Å²) in [4.78, 5) is 0. The molecule has 0 saturated heterocycles. The highest BCUT2D eigenvalue weighted by Crippen LogP contribution is 2.61. The quantitative estimate of drug-likeness (QED) is 0.758. The Hall–Kier alpha value is -0.980. The molecule has 102 valence electrons. The molecule has 2 aliphatic carbocycles. The standard InChI is InChI=1S/C18H24O/c1-3-10-18-14-7-5-9-16(18)19-15-8-4-6-13(17(15)18)11-12(14)2/h4,6,8,12,14,16H,3,5,7,9-11H2,1-2H3. The summed E-state index contributed by atoms with van der Waals surface area (Å²) in [6.45, 7) is 4.81. The Labute approximate surface area is 116 Å². The highest BCUT2D eigenvalue weighted by molar-refractivity contribution is 5.53. The molecule has 1 heterocycles. The molecule has 0 amide bonds. The van der Waals surface area contributed by atoms with Gasteiger partial charge >= 0.3 is 0 Å². The van der Waals surface area contributed by atoms with E-state index in [-0.39, 0.29) is 0 Å². The van der Waals surface area contributed by atoms with Crippen LogP contribution in [0.1, 0.15) is 57.1 Å². The molecule has 4 unspecified atom stereocenters. The molecule has 1 saturated carbocycles. The molecule has 4 atom stereocenters. The highest BCUT2D eigenvalue weighted by Gasteiger charge is 2.58. The zero-order valence-corrected chi connectivity index (χ0v) is 12.1. The van der Waals surface area contributed by atoms with E-state index in [2.05, 4.69) is 32.0 Å². The topological polar surface area (TPSA) is 9.23 Å². The molecule has 4 rings (SSSR count). The van der Waals surface area contributed by atoms with E-state index in [1.807, 2.05) is 0 Å². The van der Waals surface area contributed by atoms with E-state index in [1.54, 1.807) is 11.1 Å². The van der Waals surface area contributed by atoms with Crippen LogP contribution in [0.25, 0.3) is 0 Å². The number of ether oxygens (including phenoxy) is 1. The summed E-state index contributed by atoms with van der Waals surface area (Å²) < 4.78 is 6.41. The van der Waals surface area contributed by atoms with Crippen LogP contribution < -0.4 is 4.74 Å². The van der Waals surface area contributed by atoms with Gasteiger partial charge in [-0.15, -0.1) is 0 Å². The van der Waals surface area contributed by atoms with Crippen LogP contribution >= 0.6 is 0 Å². The third-order valence-corrected chi connectivity index (χ3v) is 5.96. The lowest BCUT2D eigenvalue weighted by Gasteiger charge is -2.51. The molecule has 0 spiro atoms. The van der Waals surface area contributed by atoms with Gasteiger partial charge in [-0.3, -0.25) is 0 Å². The molecule has 1 aromatic rings. The summed E-state index contributed by atoms with van der Waals surface area (Å²) >= 11 is 0. The molecule has 0 N–H and O–H groups in total. The molecule has 3 aliphatic rings. The van der Waals surface area contributed by atoms with Gasteiger partial charge in [0.15, 0.2) is 0 Å². The third-order valence-electron chi connectivity index (χ3n) is 5.96. The van der Waals surface area contributed by atoms with Gasteiger partial charge in [0.2, 0.25) is 0 Å². The molecular weight excluding hydrogens is 232 g/mol. The van der Waals surface area contributed by atoms with Crippen LogP contribution in [-0.4, -0.2) is 6.10 Å². The van der Waals surface area contributed by atoms with Crippen LogP contribution in [0.3, 0.4) is 0 Å². The lowest BCUT2D eigenvalue weighted by molar-refractivity contribution is 0.0154. The van der Waals surface area contributed by atoms with Crippen LogP contribution in [-0.2, 0) is 11.8 Å². The molecule has 1 aliphatic heterocycles. The highest BCUT2D eigenvalue weighted by atomic mass is 16.5. The molecule has 0 bridgehead atoms. The van der Waals surface area contributed by atoms with Crippen molar-refractivity contribution in [1.29, 1.82) is 0 Å². The van der Waals surface area contributed by atoms with Crippen molar-refractivity contribution in [2.24, 2.45) is 11.8 Å². The van der Waals surface area contributed by atoms with Crippen LogP contribution in [0.15, 0.2) is 18.2 Å². The summed E-state index contributed by atoms with van der Waals surface area (Å²) in [6.07, 6.45) is 8.34. The second-order valence-electron chi connectivity index (χ2n) is 6.91. The molecule has 0 radical (unpaired) electrons. The fourth-order valence-electron chi connectivity index (χ4n) is 5.48. The smallest absolute Gasteiger partial charge is 0.123 e. The molecule has 1 aromatic carbocycles. The first kappa shape index (κ1) is 11.8. The number of rotatable bonds is 2. The van der Waals surface area contributed by atoms with Gasteiger partial charge in [0.1, 0.15) is 11.9 Å². The maximum Gasteiger partial charge on any atom is 0.123 e. The maximum absolute atomic E-state index is 6.41. The van der Waals surface area contributed by atoms with Gasteiger partial charge in [-0.1, -0.05) is 32.4 Å². The summed E-state index contributed by atoms with van der Waals surface area (Å²) in [5.41, 5.74) is 3.56. The molecule has 1 fully saturated rings. The summed E-state index contributed by atoms with van der Waals surface area (Å²) in [5, 5.41) is 0. The van der Waals surface area contributed by atoms with Crippen molar-refractivity contribution in [2.45, 2.75) is 63.9 Å². The van der Waals surface area contributed by atoms with E-state index in [4.69, 9.17) is 4.74 Å². The number of hydrogen-bond acceptors (Lipinski definition) is 1. The zero-order valence-electron chi connectivity index (χ0n) is 12.1. The Morgan fingerprint density at radius 1 is 1.32 bits per heavy atom. The molecular formula is C18H24O. The fraction of sp³-hybridized carbons (Fsp3) is 0.667. The molecule has 1 heteroatoms. The molecule has 0 aromatic heterocycles. The van der Waals surface area contributed by atoms with E-state index >= 15 is 0 Å².